The van der Waals surface area contributed by atoms with Gasteiger partial charge in [-0.25, -0.2) is 13.1 Å². The average molecular weight is 344 g/mol. The first kappa shape index (κ1) is 16.7. The van der Waals surface area contributed by atoms with E-state index in [1.807, 2.05) is 18.2 Å². The largest absolute Gasteiger partial charge is 0.345 e. The van der Waals surface area contributed by atoms with Crippen LogP contribution in [-0.4, -0.2) is 21.4 Å². The van der Waals surface area contributed by atoms with E-state index in [2.05, 4.69) is 16.1 Å². The third-order valence-corrected chi connectivity index (χ3v) is 5.88. The quantitative estimate of drug-likeness (QED) is 0.894. The molecule has 2 aromatic carbocycles. The van der Waals surface area contributed by atoms with Gasteiger partial charge in [-0.15, -0.1) is 0 Å². The summed E-state index contributed by atoms with van der Waals surface area (Å²) in [6.45, 7) is 1.80. The van der Waals surface area contributed by atoms with Crippen LogP contribution in [0.1, 0.15) is 39.5 Å². The highest BCUT2D eigenvalue weighted by molar-refractivity contribution is 7.89. The number of benzene rings is 2. The Bertz CT molecular complexity index is 891. The van der Waals surface area contributed by atoms with Gasteiger partial charge in [-0.1, -0.05) is 30.3 Å². The Balaban J connectivity index is 1.87. The van der Waals surface area contributed by atoms with Crippen molar-refractivity contribution >= 4 is 15.9 Å². The number of sulfonamides is 1. The first-order chi connectivity index (χ1) is 11.4. The molecule has 0 aliphatic heterocycles. The first-order valence-corrected chi connectivity index (χ1v) is 9.33. The summed E-state index contributed by atoms with van der Waals surface area (Å²) in [7, 11) is -2.23. The molecule has 24 heavy (non-hydrogen) atoms. The maximum absolute atomic E-state index is 12.7. The Hall–Kier alpha value is -2.18. The predicted molar refractivity (Wildman–Crippen MR) is 92.4 cm³/mol. The van der Waals surface area contributed by atoms with Crippen LogP contribution in [0.15, 0.2) is 47.4 Å². The van der Waals surface area contributed by atoms with Crippen LogP contribution in [0.25, 0.3) is 0 Å². The molecule has 0 fully saturated rings. The molecule has 1 atom stereocenters. The molecule has 0 aromatic heterocycles. The van der Waals surface area contributed by atoms with Gasteiger partial charge in [0.1, 0.15) is 0 Å². The van der Waals surface area contributed by atoms with Crippen LogP contribution in [0.4, 0.5) is 0 Å². The number of amides is 1. The normalized spacial score (nSPS) is 16.7. The second-order valence-electron chi connectivity index (χ2n) is 5.95. The number of carbonyl (C=O) groups excluding carboxylic acids is 1. The van der Waals surface area contributed by atoms with Gasteiger partial charge < -0.3 is 5.32 Å². The molecule has 0 heterocycles. The van der Waals surface area contributed by atoms with Gasteiger partial charge in [0.05, 0.1) is 10.9 Å². The van der Waals surface area contributed by atoms with Gasteiger partial charge >= 0.3 is 0 Å². The van der Waals surface area contributed by atoms with Crippen molar-refractivity contribution in [2.24, 2.45) is 0 Å². The lowest BCUT2D eigenvalue weighted by Crippen LogP contribution is -2.28. The van der Waals surface area contributed by atoms with E-state index >= 15 is 0 Å². The molecule has 5 nitrogen and oxygen atoms in total. The second-order valence-corrected chi connectivity index (χ2v) is 7.83. The summed E-state index contributed by atoms with van der Waals surface area (Å²) in [4.78, 5) is 12.8. The SMILES string of the molecule is CNS(=O)(=O)c1ccc(C)c(C(=O)N[C@@H]2CCc3ccccc32)c1. The van der Waals surface area contributed by atoms with Crippen molar-refractivity contribution in [3.63, 3.8) is 0 Å². The standard InChI is InChI=1S/C18H20N2O3S/c1-12-7-9-14(24(22,23)19-2)11-16(12)18(21)20-17-10-8-13-5-3-4-6-15(13)17/h3-7,9,11,17,19H,8,10H2,1-2H3,(H,20,21)/t17-/m1/s1. The fourth-order valence-corrected chi connectivity index (χ4v) is 3.83. The molecular formula is C18H20N2O3S. The second kappa shape index (κ2) is 6.37. The van der Waals surface area contributed by atoms with E-state index in [1.54, 1.807) is 13.0 Å². The van der Waals surface area contributed by atoms with E-state index < -0.39 is 10.0 Å². The lowest BCUT2D eigenvalue weighted by Gasteiger charge is -2.16. The van der Waals surface area contributed by atoms with Crippen LogP contribution >= 0.6 is 0 Å². The highest BCUT2D eigenvalue weighted by atomic mass is 32.2. The number of fused-ring (bicyclic) bond motifs is 1. The van der Waals surface area contributed by atoms with Crippen LogP contribution in [0.5, 0.6) is 0 Å². The summed E-state index contributed by atoms with van der Waals surface area (Å²) in [6, 6.07) is 12.6. The summed E-state index contributed by atoms with van der Waals surface area (Å²) in [6.07, 6.45) is 1.80. The Kier molecular flexibility index (Phi) is 4.43. The molecule has 0 saturated carbocycles. The molecule has 1 aliphatic rings. The molecule has 1 amide bonds. The van der Waals surface area contributed by atoms with Crippen molar-refractivity contribution in [3.05, 3.63) is 64.7 Å². The van der Waals surface area contributed by atoms with Crippen LogP contribution in [-0.2, 0) is 16.4 Å². The highest BCUT2D eigenvalue weighted by Crippen LogP contribution is 2.31. The predicted octanol–water partition coefficient (Wildman–Crippen LogP) is 2.32. The van der Waals surface area contributed by atoms with Crippen molar-refractivity contribution in [1.29, 1.82) is 0 Å². The van der Waals surface area contributed by atoms with Crippen LogP contribution in [0.3, 0.4) is 0 Å². The Labute approximate surface area is 142 Å². The van der Waals surface area contributed by atoms with E-state index in [9.17, 15) is 13.2 Å². The lowest BCUT2D eigenvalue weighted by atomic mass is 10.1. The third kappa shape index (κ3) is 3.07. The maximum atomic E-state index is 12.7. The average Bonchev–Trinajstić information content (AvgIpc) is 2.98. The van der Waals surface area contributed by atoms with Gasteiger partial charge in [0.2, 0.25) is 10.0 Å². The van der Waals surface area contributed by atoms with E-state index in [0.29, 0.717) is 5.56 Å². The summed E-state index contributed by atoms with van der Waals surface area (Å²) in [5, 5.41) is 3.03. The van der Waals surface area contributed by atoms with Crippen molar-refractivity contribution in [2.45, 2.75) is 30.7 Å². The molecule has 2 aromatic rings. The fraction of sp³-hybridized carbons (Fsp3) is 0.278. The zero-order chi connectivity index (χ0) is 17.3. The monoisotopic (exact) mass is 344 g/mol. The number of aryl methyl sites for hydroxylation is 2. The van der Waals surface area contributed by atoms with E-state index in [-0.39, 0.29) is 16.8 Å². The fourth-order valence-electron chi connectivity index (χ4n) is 3.07. The van der Waals surface area contributed by atoms with Gasteiger partial charge in [-0.3, -0.25) is 4.79 Å². The first-order valence-electron chi connectivity index (χ1n) is 7.85. The zero-order valence-corrected chi connectivity index (χ0v) is 14.5. The van der Waals surface area contributed by atoms with Crippen molar-refractivity contribution in [1.82, 2.24) is 10.0 Å². The van der Waals surface area contributed by atoms with Gasteiger partial charge in [0.25, 0.3) is 5.91 Å². The molecule has 0 radical (unpaired) electrons. The molecule has 2 N–H and O–H groups in total. The lowest BCUT2D eigenvalue weighted by molar-refractivity contribution is 0.0936. The molecule has 0 unspecified atom stereocenters. The zero-order valence-electron chi connectivity index (χ0n) is 13.7. The minimum atomic E-state index is -3.58. The van der Waals surface area contributed by atoms with Gasteiger partial charge in [0.15, 0.2) is 0 Å². The number of hydrogen-bond donors (Lipinski definition) is 2. The summed E-state index contributed by atoms with van der Waals surface area (Å²) < 4.78 is 26.2. The maximum Gasteiger partial charge on any atom is 0.252 e. The number of hydrogen-bond acceptors (Lipinski definition) is 3. The third-order valence-electron chi connectivity index (χ3n) is 4.47. The molecular weight excluding hydrogens is 324 g/mol. The number of rotatable bonds is 4. The molecule has 0 bridgehead atoms. The molecule has 3 rings (SSSR count). The van der Waals surface area contributed by atoms with E-state index in [1.165, 1.54) is 24.7 Å². The molecule has 0 saturated heterocycles. The molecule has 126 valence electrons. The Morgan fingerprint density at radius 1 is 1.17 bits per heavy atom. The van der Waals surface area contributed by atoms with Gasteiger partial charge in [-0.2, -0.15) is 0 Å². The van der Waals surface area contributed by atoms with Gasteiger partial charge in [-0.05, 0) is 55.6 Å². The smallest absolute Gasteiger partial charge is 0.252 e. The highest BCUT2D eigenvalue weighted by Gasteiger charge is 2.25. The number of carbonyl (C=O) groups is 1. The van der Waals surface area contributed by atoms with Crippen molar-refractivity contribution < 1.29 is 13.2 Å². The molecule has 6 heteroatoms. The van der Waals surface area contributed by atoms with Gasteiger partial charge in [0, 0.05) is 5.56 Å². The minimum Gasteiger partial charge on any atom is -0.345 e. The van der Waals surface area contributed by atoms with E-state index in [4.69, 9.17) is 0 Å². The number of nitrogens with one attached hydrogen (secondary N) is 2. The topological polar surface area (TPSA) is 75.3 Å². The summed E-state index contributed by atoms with van der Waals surface area (Å²) >= 11 is 0. The molecule has 1 aliphatic carbocycles. The van der Waals surface area contributed by atoms with Crippen molar-refractivity contribution in [2.75, 3.05) is 7.05 Å². The minimum absolute atomic E-state index is 0.0299. The Morgan fingerprint density at radius 3 is 2.67 bits per heavy atom. The van der Waals surface area contributed by atoms with E-state index in [0.717, 1.165) is 24.0 Å². The van der Waals surface area contributed by atoms with Crippen LogP contribution < -0.4 is 10.0 Å². The summed E-state index contributed by atoms with van der Waals surface area (Å²) in [5.74, 6) is -0.248. The Morgan fingerprint density at radius 2 is 1.92 bits per heavy atom. The summed E-state index contributed by atoms with van der Waals surface area (Å²) in [5.41, 5.74) is 3.53. The van der Waals surface area contributed by atoms with Crippen LogP contribution in [0.2, 0.25) is 0 Å². The van der Waals surface area contributed by atoms with Crippen LogP contribution in [0, 0.1) is 6.92 Å². The molecule has 0 spiro atoms. The van der Waals surface area contributed by atoms with Crippen molar-refractivity contribution in [3.8, 4) is 0 Å².